The van der Waals surface area contributed by atoms with Crippen LogP contribution in [0.3, 0.4) is 0 Å². The highest BCUT2D eigenvalue weighted by molar-refractivity contribution is 5.87. The fraction of sp³-hybridized carbons (Fsp3) is 0.281. The lowest BCUT2D eigenvalue weighted by molar-refractivity contribution is -0.137. The molecule has 37 heavy (non-hydrogen) atoms. The molecule has 0 atom stereocenters. The first-order valence-electron chi connectivity index (χ1n) is 12.1. The topological polar surface area (TPSA) is 80.7 Å². The average molecular weight is 503 g/mol. The van der Waals surface area contributed by atoms with Gasteiger partial charge in [-0.25, -0.2) is 4.79 Å². The van der Waals surface area contributed by atoms with E-state index in [9.17, 15) is 14.4 Å². The molecule has 0 radical (unpaired) electrons. The number of benzene rings is 3. The molecule has 0 heterocycles. The number of carbonyl (C=O) groups is 3. The normalized spacial score (nSPS) is 10.0. The summed E-state index contributed by atoms with van der Waals surface area (Å²) in [5, 5.41) is 8.52. The lowest BCUT2D eigenvalue weighted by atomic mass is 10.0. The summed E-state index contributed by atoms with van der Waals surface area (Å²) in [4.78, 5) is 31.5. The predicted octanol–water partition coefficient (Wildman–Crippen LogP) is 6.93. The second-order valence-electron chi connectivity index (χ2n) is 9.02. The van der Waals surface area contributed by atoms with E-state index >= 15 is 0 Å². The summed E-state index contributed by atoms with van der Waals surface area (Å²) in [5.41, 5.74) is 9.98. The van der Waals surface area contributed by atoms with Gasteiger partial charge in [-0.15, -0.1) is 0 Å². The van der Waals surface area contributed by atoms with E-state index in [1.54, 1.807) is 6.08 Å². The van der Waals surface area contributed by atoms with Crippen LogP contribution in [0.15, 0.2) is 60.7 Å². The minimum Gasteiger partial charge on any atom is -0.481 e. The molecule has 0 amide bonds. The smallest absolute Gasteiger partial charge is 0.330 e. The van der Waals surface area contributed by atoms with Crippen molar-refractivity contribution in [3.8, 4) is 0 Å². The highest BCUT2D eigenvalue weighted by Gasteiger charge is 2.02. The zero-order chi connectivity index (χ0) is 28.0. The molecular formula is C32H38O5. The van der Waals surface area contributed by atoms with E-state index in [2.05, 4.69) is 16.9 Å². The lowest BCUT2D eigenvalue weighted by Gasteiger charge is -2.04. The quantitative estimate of drug-likeness (QED) is 0.225. The Balaban J connectivity index is 0.000000281. The van der Waals surface area contributed by atoms with Crippen molar-refractivity contribution in [3.63, 3.8) is 0 Å². The number of aliphatic carboxylic acids is 1. The number of hydrogen-bond acceptors (Lipinski definition) is 4. The number of carbonyl (C=O) groups excluding carboxylic acids is 2. The van der Waals surface area contributed by atoms with E-state index in [4.69, 9.17) is 5.11 Å². The third-order valence-corrected chi connectivity index (χ3v) is 5.68. The van der Waals surface area contributed by atoms with Gasteiger partial charge in [-0.3, -0.25) is 9.59 Å². The first-order chi connectivity index (χ1) is 17.5. The van der Waals surface area contributed by atoms with Gasteiger partial charge in [-0.2, -0.15) is 0 Å². The zero-order valence-electron chi connectivity index (χ0n) is 22.9. The number of methoxy groups -OCH3 is 1. The fourth-order valence-electron chi connectivity index (χ4n) is 3.56. The maximum absolute atomic E-state index is 10.9. The molecule has 0 aliphatic carbocycles. The molecule has 0 saturated heterocycles. The van der Waals surface area contributed by atoms with Crippen LogP contribution in [0.4, 0.5) is 0 Å². The predicted molar refractivity (Wildman–Crippen MR) is 150 cm³/mol. The van der Waals surface area contributed by atoms with E-state index < -0.39 is 5.97 Å². The van der Waals surface area contributed by atoms with Crippen LogP contribution in [0, 0.1) is 41.5 Å². The van der Waals surface area contributed by atoms with Gasteiger partial charge >= 0.3 is 11.9 Å². The Morgan fingerprint density at radius 2 is 1.24 bits per heavy atom. The molecule has 0 aliphatic rings. The number of carboxylic acid groups (broad SMARTS) is 1. The molecule has 5 heteroatoms. The second-order valence-corrected chi connectivity index (χ2v) is 9.02. The summed E-state index contributed by atoms with van der Waals surface area (Å²) in [5.74, 6) is -1.06. The van der Waals surface area contributed by atoms with Crippen LogP contribution in [-0.4, -0.2) is 30.4 Å². The van der Waals surface area contributed by atoms with Crippen molar-refractivity contribution in [2.45, 2.75) is 54.4 Å². The molecule has 0 bridgehead atoms. The summed E-state index contributed by atoms with van der Waals surface area (Å²) in [7, 11) is 1.37. The van der Waals surface area contributed by atoms with Gasteiger partial charge in [0.05, 0.1) is 7.11 Å². The van der Waals surface area contributed by atoms with Crippen LogP contribution in [0.5, 0.6) is 0 Å². The Kier molecular flexibility index (Phi) is 13.3. The maximum Gasteiger partial charge on any atom is 0.330 e. The van der Waals surface area contributed by atoms with Crippen LogP contribution >= 0.6 is 0 Å². The van der Waals surface area contributed by atoms with E-state index in [0.717, 1.165) is 34.1 Å². The molecule has 3 aromatic carbocycles. The summed E-state index contributed by atoms with van der Waals surface area (Å²) in [6.45, 7) is 12.1. The zero-order valence-corrected chi connectivity index (χ0v) is 22.9. The summed E-state index contributed by atoms with van der Waals surface area (Å²) < 4.78 is 4.51. The Hall–Kier alpha value is -3.99. The minimum absolute atomic E-state index is 0.212. The Morgan fingerprint density at radius 3 is 1.68 bits per heavy atom. The van der Waals surface area contributed by atoms with E-state index in [0.29, 0.717) is 6.42 Å². The standard InChI is InChI=1S/C12H14O2.C11H14O2.C9H10O/c1-9-4-5-11(10(2)8-9)6-7-12(13)14-3;1-8-3-4-10(9(2)7-8)5-6-11(12)13;1-7-3-4-9(6-10)8(2)5-7/h4-8H,1-3H3;3-4,7H,5-6H2,1-2H3,(H,12,13);3-6H,1-2H3/b7-6+;;. The molecular weight excluding hydrogens is 464 g/mol. The third-order valence-electron chi connectivity index (χ3n) is 5.68. The Morgan fingerprint density at radius 1 is 0.757 bits per heavy atom. The monoisotopic (exact) mass is 502 g/mol. The van der Waals surface area contributed by atoms with Gasteiger partial charge in [0.2, 0.25) is 0 Å². The van der Waals surface area contributed by atoms with Crippen molar-refractivity contribution in [1.29, 1.82) is 0 Å². The van der Waals surface area contributed by atoms with Crippen LogP contribution in [0.2, 0.25) is 0 Å². The summed E-state index contributed by atoms with van der Waals surface area (Å²) in [6.07, 6.45) is 4.92. The molecule has 0 spiro atoms. The fourth-order valence-corrected chi connectivity index (χ4v) is 3.56. The Labute approximate surface area is 220 Å². The van der Waals surface area contributed by atoms with Crippen molar-refractivity contribution >= 4 is 24.3 Å². The van der Waals surface area contributed by atoms with Gasteiger partial charge in [-0.05, 0) is 81.9 Å². The van der Waals surface area contributed by atoms with Crippen molar-refractivity contribution in [1.82, 2.24) is 0 Å². The molecule has 196 valence electrons. The van der Waals surface area contributed by atoms with Crippen molar-refractivity contribution in [2.24, 2.45) is 0 Å². The molecule has 0 aliphatic heterocycles. The van der Waals surface area contributed by atoms with E-state index in [1.165, 1.54) is 35.4 Å². The molecule has 0 saturated carbocycles. The second kappa shape index (κ2) is 15.9. The number of hydrogen-bond donors (Lipinski definition) is 1. The Bertz CT molecular complexity index is 1240. The molecule has 0 fully saturated rings. The van der Waals surface area contributed by atoms with Crippen LogP contribution in [0.25, 0.3) is 6.08 Å². The van der Waals surface area contributed by atoms with Crippen molar-refractivity contribution in [3.05, 3.63) is 111 Å². The number of carboxylic acids is 1. The first kappa shape index (κ1) is 31.0. The van der Waals surface area contributed by atoms with Crippen LogP contribution in [0.1, 0.15) is 61.3 Å². The van der Waals surface area contributed by atoms with Crippen molar-refractivity contribution < 1.29 is 24.2 Å². The van der Waals surface area contributed by atoms with Crippen molar-refractivity contribution in [2.75, 3.05) is 7.11 Å². The first-order valence-corrected chi connectivity index (χ1v) is 12.1. The van der Waals surface area contributed by atoms with Gasteiger partial charge in [0.1, 0.15) is 6.29 Å². The number of esters is 1. The molecule has 3 rings (SSSR count). The number of rotatable bonds is 6. The van der Waals surface area contributed by atoms with Crippen LogP contribution < -0.4 is 0 Å². The molecule has 1 N–H and O–H groups in total. The summed E-state index contributed by atoms with van der Waals surface area (Å²) in [6, 6.07) is 18.0. The SMILES string of the molecule is COC(=O)/C=C/c1ccc(C)cc1C.Cc1ccc(C=O)c(C)c1.Cc1ccc(CCC(=O)O)c(C)c1. The van der Waals surface area contributed by atoms with Gasteiger partial charge < -0.3 is 9.84 Å². The number of ether oxygens (including phenoxy) is 1. The van der Waals surface area contributed by atoms with Gasteiger partial charge in [0.25, 0.3) is 0 Å². The minimum atomic E-state index is -0.736. The molecule has 3 aromatic rings. The maximum atomic E-state index is 10.9. The highest BCUT2D eigenvalue weighted by Crippen LogP contribution is 2.13. The largest absolute Gasteiger partial charge is 0.481 e. The van der Waals surface area contributed by atoms with E-state index in [-0.39, 0.29) is 12.4 Å². The third kappa shape index (κ3) is 12.0. The highest BCUT2D eigenvalue weighted by atomic mass is 16.5. The summed E-state index contributed by atoms with van der Waals surface area (Å²) >= 11 is 0. The number of aryl methyl sites for hydroxylation is 7. The average Bonchev–Trinajstić information content (AvgIpc) is 2.83. The number of aldehydes is 1. The van der Waals surface area contributed by atoms with Gasteiger partial charge in [0.15, 0.2) is 0 Å². The molecule has 5 nitrogen and oxygen atoms in total. The van der Waals surface area contributed by atoms with Gasteiger partial charge in [-0.1, -0.05) is 71.3 Å². The lowest BCUT2D eigenvalue weighted by Crippen LogP contribution is -1.99. The van der Waals surface area contributed by atoms with Crippen LogP contribution in [-0.2, 0) is 20.7 Å². The molecule has 0 unspecified atom stereocenters. The van der Waals surface area contributed by atoms with Gasteiger partial charge in [0, 0.05) is 18.1 Å². The molecule has 0 aromatic heterocycles. The van der Waals surface area contributed by atoms with E-state index in [1.807, 2.05) is 84.0 Å².